The summed E-state index contributed by atoms with van der Waals surface area (Å²) in [6, 6.07) is 3.13. The average molecular weight is 618 g/mol. The molecule has 2 N–H and O–H groups in total. The number of halogens is 4. The Kier molecular flexibility index (Phi) is 9.20. The van der Waals surface area contributed by atoms with E-state index in [2.05, 4.69) is 25.2 Å². The van der Waals surface area contributed by atoms with Crippen LogP contribution >= 0.6 is 0 Å². The number of benzene rings is 1. The van der Waals surface area contributed by atoms with Crippen LogP contribution in [0.4, 0.5) is 34.9 Å². The number of alkyl halides is 2. The molecular weight excluding hydrogens is 582 g/mol. The largest absolute Gasteiger partial charge is 0.374 e. The molecule has 2 saturated heterocycles. The van der Waals surface area contributed by atoms with E-state index in [1.165, 1.54) is 12.3 Å². The molecule has 2 aliphatic rings. The number of anilines is 3. The first kappa shape index (κ1) is 31.4. The number of rotatable bonds is 7. The van der Waals surface area contributed by atoms with Crippen LogP contribution in [0.2, 0.25) is 0 Å². The molecule has 236 valence electrons. The van der Waals surface area contributed by atoms with Crippen molar-refractivity contribution in [3.8, 4) is 11.3 Å². The van der Waals surface area contributed by atoms with Gasteiger partial charge in [-0.2, -0.15) is 0 Å². The van der Waals surface area contributed by atoms with Crippen LogP contribution < -0.4 is 20.7 Å². The molecule has 2 fully saturated rings. The maximum atomic E-state index is 16.6. The number of hydrogen-bond acceptors (Lipinski definition) is 8. The van der Waals surface area contributed by atoms with Crippen LogP contribution in [0.15, 0.2) is 35.4 Å². The van der Waals surface area contributed by atoms with Crippen molar-refractivity contribution in [1.29, 1.82) is 0 Å². The molecule has 0 aliphatic carbocycles. The Morgan fingerprint density at radius 2 is 1.91 bits per heavy atom. The Morgan fingerprint density at radius 3 is 2.61 bits per heavy atom. The summed E-state index contributed by atoms with van der Waals surface area (Å²) in [5, 5.41) is 2.41. The lowest BCUT2D eigenvalue weighted by atomic mass is 10.0. The van der Waals surface area contributed by atoms with Crippen molar-refractivity contribution >= 4 is 23.2 Å². The van der Waals surface area contributed by atoms with Crippen LogP contribution in [0.25, 0.3) is 11.3 Å². The molecule has 44 heavy (non-hydrogen) atoms. The number of piperazine rings is 1. The van der Waals surface area contributed by atoms with E-state index < -0.39 is 46.2 Å². The molecule has 5 rings (SSSR count). The van der Waals surface area contributed by atoms with Crippen LogP contribution in [0, 0.1) is 17.6 Å². The van der Waals surface area contributed by atoms with Crippen molar-refractivity contribution in [1.82, 2.24) is 19.9 Å². The Morgan fingerprint density at radius 1 is 1.14 bits per heavy atom. The van der Waals surface area contributed by atoms with Gasteiger partial charge in [0.2, 0.25) is 11.5 Å². The van der Waals surface area contributed by atoms with Crippen molar-refractivity contribution < 1.29 is 27.1 Å². The highest BCUT2D eigenvalue weighted by Crippen LogP contribution is 2.39. The van der Waals surface area contributed by atoms with Crippen molar-refractivity contribution in [3.63, 3.8) is 0 Å². The number of morpholine rings is 1. The molecule has 10 nitrogen and oxygen atoms in total. The van der Waals surface area contributed by atoms with E-state index in [0.717, 1.165) is 12.3 Å². The summed E-state index contributed by atoms with van der Waals surface area (Å²) in [4.78, 5) is 41.7. The Hall–Kier alpha value is -4.04. The van der Waals surface area contributed by atoms with Crippen LogP contribution in [0.1, 0.15) is 43.1 Å². The number of amides is 1. The van der Waals surface area contributed by atoms with Gasteiger partial charge in [-0.3, -0.25) is 9.59 Å². The van der Waals surface area contributed by atoms with E-state index in [0.29, 0.717) is 45.4 Å². The highest BCUT2D eigenvalue weighted by Gasteiger charge is 2.31. The number of ether oxygens (including phenoxy) is 1. The first-order chi connectivity index (χ1) is 20.9. The fourth-order valence-electron chi connectivity index (χ4n) is 5.42. The van der Waals surface area contributed by atoms with Gasteiger partial charge in [-0.15, -0.1) is 0 Å². The maximum absolute atomic E-state index is 16.6. The van der Waals surface area contributed by atoms with Crippen molar-refractivity contribution in [2.24, 2.45) is 5.92 Å². The number of aromatic amines is 1. The molecule has 0 radical (unpaired) electrons. The number of H-pyrrole nitrogens is 1. The van der Waals surface area contributed by atoms with Crippen molar-refractivity contribution in [2.75, 3.05) is 61.5 Å². The lowest BCUT2D eigenvalue weighted by Gasteiger charge is -2.39. The third-order valence-electron chi connectivity index (χ3n) is 8.19. The smallest absolute Gasteiger partial charge is 0.264 e. The number of nitrogens with one attached hydrogen (secondary N) is 2. The van der Waals surface area contributed by atoms with Gasteiger partial charge in [0, 0.05) is 68.9 Å². The lowest BCUT2D eigenvalue weighted by molar-refractivity contribution is 0.0109. The summed E-state index contributed by atoms with van der Waals surface area (Å²) >= 11 is 0. The average Bonchev–Trinajstić information content (AvgIpc) is 3.00. The van der Waals surface area contributed by atoms with Gasteiger partial charge >= 0.3 is 0 Å². The molecule has 2 atom stereocenters. The summed E-state index contributed by atoms with van der Waals surface area (Å²) < 4.78 is 65.8. The molecule has 14 heteroatoms. The molecule has 0 spiro atoms. The second kappa shape index (κ2) is 12.9. The van der Waals surface area contributed by atoms with Crippen molar-refractivity contribution in [2.45, 2.75) is 39.3 Å². The van der Waals surface area contributed by atoms with E-state index in [9.17, 15) is 18.4 Å². The van der Waals surface area contributed by atoms with Crippen molar-refractivity contribution in [3.05, 3.63) is 63.7 Å². The van der Waals surface area contributed by atoms with Gasteiger partial charge in [0.15, 0.2) is 5.82 Å². The third-order valence-corrected chi connectivity index (χ3v) is 8.19. The second-order valence-corrected chi connectivity index (χ2v) is 11.5. The predicted molar refractivity (Wildman–Crippen MR) is 158 cm³/mol. The van der Waals surface area contributed by atoms with E-state index in [1.54, 1.807) is 4.90 Å². The fraction of sp³-hybridized carbons (Fsp3) is 0.467. The molecule has 2 aromatic heterocycles. The van der Waals surface area contributed by atoms with Gasteiger partial charge in [-0.05, 0) is 26.0 Å². The number of likely N-dealkylation sites (N-methyl/N-ethyl adjacent to an activating group) is 1. The fourth-order valence-corrected chi connectivity index (χ4v) is 5.42. The number of nitrogens with zero attached hydrogens (tertiary/aromatic N) is 5. The highest BCUT2D eigenvalue weighted by molar-refractivity contribution is 6.07. The monoisotopic (exact) mass is 617 g/mol. The predicted octanol–water partition coefficient (Wildman–Crippen LogP) is 4.30. The number of carbonyl (C=O) groups excluding carboxylic acids is 1. The molecule has 1 amide bonds. The summed E-state index contributed by atoms with van der Waals surface area (Å²) in [7, 11) is 1.93. The molecule has 0 bridgehead atoms. The molecule has 3 aromatic rings. The first-order valence-electron chi connectivity index (χ1n) is 14.4. The molecule has 1 aromatic carbocycles. The summed E-state index contributed by atoms with van der Waals surface area (Å²) in [6.07, 6.45) is -0.954. The molecule has 2 aliphatic heterocycles. The SMILES string of the molecule is CC(C)C1CN(c2nccc(-c3c(F)cc(N4CCN(C)[C@@H](C)C4)c(NC(=O)c4c[nH]c(=O)cc4C(F)F)c3F)n2)CCO1. The van der Waals surface area contributed by atoms with E-state index in [-0.39, 0.29) is 41.1 Å². The second-order valence-electron chi connectivity index (χ2n) is 11.5. The lowest BCUT2D eigenvalue weighted by Crippen LogP contribution is -2.50. The Balaban J connectivity index is 1.58. The number of pyridine rings is 1. The number of carbonyl (C=O) groups is 1. The molecule has 1 unspecified atom stereocenters. The minimum Gasteiger partial charge on any atom is -0.374 e. The van der Waals surface area contributed by atoms with Gasteiger partial charge in [-0.25, -0.2) is 27.5 Å². The summed E-state index contributed by atoms with van der Waals surface area (Å²) in [5.41, 5.74) is -3.06. The van der Waals surface area contributed by atoms with Gasteiger partial charge in [0.25, 0.3) is 12.3 Å². The minimum absolute atomic E-state index is 0.0235. The van der Waals surface area contributed by atoms with Crippen LogP contribution in [-0.2, 0) is 4.74 Å². The highest BCUT2D eigenvalue weighted by atomic mass is 19.3. The number of aromatic nitrogens is 3. The van der Waals surface area contributed by atoms with Crippen LogP contribution in [0.5, 0.6) is 0 Å². The van der Waals surface area contributed by atoms with Crippen LogP contribution in [0.3, 0.4) is 0 Å². The van der Waals surface area contributed by atoms with E-state index in [4.69, 9.17) is 4.74 Å². The summed E-state index contributed by atoms with van der Waals surface area (Å²) in [6.45, 7) is 8.83. The van der Waals surface area contributed by atoms with Crippen LogP contribution in [-0.4, -0.2) is 84.3 Å². The Bertz CT molecular complexity index is 1580. The zero-order chi connectivity index (χ0) is 31.7. The van der Waals surface area contributed by atoms with E-state index >= 15 is 8.78 Å². The van der Waals surface area contributed by atoms with E-state index in [1.807, 2.05) is 32.7 Å². The van der Waals surface area contributed by atoms with Gasteiger partial charge in [0.1, 0.15) is 11.5 Å². The zero-order valence-corrected chi connectivity index (χ0v) is 24.9. The standard InChI is InChI=1S/C30H35F4N7O3/c1-16(2)23-15-41(9-10-44-23)30-35-6-5-21(37-30)25-20(31)12-22(40-8-7-39(4)17(3)14-40)27(26(25)32)38-29(43)19-13-36-24(42)11-18(19)28(33)34/h5-6,11-13,16-17,23,28H,7-10,14-15H2,1-4H3,(H,36,42)(H,38,43)/t17-,23?/m0/s1. The topological polar surface area (TPSA) is 107 Å². The zero-order valence-electron chi connectivity index (χ0n) is 24.9. The number of hydrogen-bond donors (Lipinski definition) is 2. The van der Waals surface area contributed by atoms with Gasteiger partial charge in [0.05, 0.1) is 35.2 Å². The molecular formula is C30H35F4N7O3. The summed E-state index contributed by atoms with van der Waals surface area (Å²) in [5.74, 6) is -2.61. The molecule has 0 saturated carbocycles. The Labute approximate surface area is 252 Å². The van der Waals surface area contributed by atoms with Gasteiger partial charge < -0.3 is 29.7 Å². The molecule has 4 heterocycles. The third kappa shape index (κ3) is 6.41. The minimum atomic E-state index is -3.14. The normalized spacial score (nSPS) is 19.6. The van der Waals surface area contributed by atoms with Gasteiger partial charge in [-0.1, -0.05) is 13.8 Å². The maximum Gasteiger partial charge on any atom is 0.264 e. The first-order valence-corrected chi connectivity index (χ1v) is 14.4. The quantitative estimate of drug-likeness (QED) is 0.378.